The molecule has 1 aromatic heterocycles. The number of carbonyl (C=O) groups excluding carboxylic acids is 1. The molecule has 0 unspecified atom stereocenters. The molecular weight excluding hydrogens is 258 g/mol. The van der Waals surface area contributed by atoms with Crippen molar-refractivity contribution < 1.29 is 4.79 Å². The van der Waals surface area contributed by atoms with Gasteiger partial charge in [0.05, 0.1) is 5.69 Å². The molecule has 2 heterocycles. The summed E-state index contributed by atoms with van der Waals surface area (Å²) < 4.78 is 0. The van der Waals surface area contributed by atoms with Crippen LogP contribution in [0.5, 0.6) is 0 Å². The summed E-state index contributed by atoms with van der Waals surface area (Å²) in [5, 5.41) is 7.10. The third kappa shape index (κ3) is 1.91. The standard InChI is InChI=1S/C14H21N3OS/c1-13(2)10(14(13,3)4)11(18)17-12-16-8-5-6-15-7-9(8)19-12/h10,15H,5-7H2,1-4H3,(H,16,17,18). The zero-order valence-electron chi connectivity index (χ0n) is 12.0. The summed E-state index contributed by atoms with van der Waals surface area (Å²) in [5.41, 5.74) is 1.30. The molecule has 5 heteroatoms. The van der Waals surface area contributed by atoms with Crippen molar-refractivity contribution in [3.05, 3.63) is 10.6 Å². The van der Waals surface area contributed by atoms with Crippen LogP contribution in [0, 0.1) is 16.7 Å². The van der Waals surface area contributed by atoms with Gasteiger partial charge in [-0.25, -0.2) is 4.98 Å². The zero-order valence-corrected chi connectivity index (χ0v) is 12.8. The second-order valence-electron chi connectivity index (χ2n) is 6.68. The van der Waals surface area contributed by atoms with Gasteiger partial charge in [0, 0.05) is 30.3 Å². The Morgan fingerprint density at radius 1 is 1.37 bits per heavy atom. The molecule has 1 aliphatic carbocycles. The summed E-state index contributed by atoms with van der Waals surface area (Å²) in [5.74, 6) is 0.202. The van der Waals surface area contributed by atoms with E-state index in [9.17, 15) is 4.79 Å². The van der Waals surface area contributed by atoms with Crippen LogP contribution in [0.2, 0.25) is 0 Å². The minimum atomic E-state index is 0.0789. The predicted octanol–water partition coefficient (Wildman–Crippen LogP) is 2.41. The van der Waals surface area contributed by atoms with E-state index in [4.69, 9.17) is 0 Å². The molecule has 3 rings (SSSR count). The van der Waals surface area contributed by atoms with E-state index in [1.165, 1.54) is 4.88 Å². The summed E-state index contributed by atoms with van der Waals surface area (Å²) in [4.78, 5) is 18.2. The number of anilines is 1. The van der Waals surface area contributed by atoms with Crippen molar-refractivity contribution in [3.63, 3.8) is 0 Å². The van der Waals surface area contributed by atoms with Crippen molar-refractivity contribution in [2.75, 3.05) is 11.9 Å². The van der Waals surface area contributed by atoms with E-state index in [0.29, 0.717) is 0 Å². The Morgan fingerprint density at radius 3 is 2.63 bits per heavy atom. The van der Waals surface area contributed by atoms with Crippen LogP contribution in [0.3, 0.4) is 0 Å². The Kier molecular flexibility index (Phi) is 2.77. The zero-order chi connectivity index (χ0) is 13.8. The number of aromatic nitrogens is 1. The van der Waals surface area contributed by atoms with Crippen LogP contribution in [0.4, 0.5) is 5.13 Å². The minimum absolute atomic E-state index is 0.0789. The summed E-state index contributed by atoms with van der Waals surface area (Å²) in [7, 11) is 0. The number of hydrogen-bond donors (Lipinski definition) is 2. The Bertz CT molecular complexity index is 495. The number of carbonyl (C=O) groups is 1. The second-order valence-corrected chi connectivity index (χ2v) is 7.76. The molecule has 4 nitrogen and oxygen atoms in total. The number of nitrogens with one attached hydrogen (secondary N) is 2. The fourth-order valence-electron chi connectivity index (χ4n) is 3.21. The highest BCUT2D eigenvalue weighted by Gasteiger charge is 2.68. The third-order valence-electron chi connectivity index (χ3n) is 5.12. The third-order valence-corrected chi connectivity index (χ3v) is 6.13. The minimum Gasteiger partial charge on any atom is -0.311 e. The molecular formula is C14H21N3OS. The van der Waals surface area contributed by atoms with Gasteiger partial charge in [0.25, 0.3) is 0 Å². The van der Waals surface area contributed by atoms with Crippen LogP contribution < -0.4 is 10.6 Å². The van der Waals surface area contributed by atoms with Crippen LogP contribution in [-0.4, -0.2) is 17.4 Å². The monoisotopic (exact) mass is 279 g/mol. The Hall–Kier alpha value is -0.940. The summed E-state index contributed by atoms with van der Waals surface area (Å²) >= 11 is 1.60. The van der Waals surface area contributed by atoms with Crippen molar-refractivity contribution in [1.82, 2.24) is 10.3 Å². The van der Waals surface area contributed by atoms with Gasteiger partial charge >= 0.3 is 0 Å². The van der Waals surface area contributed by atoms with Crippen molar-refractivity contribution in [1.29, 1.82) is 0 Å². The van der Waals surface area contributed by atoms with Gasteiger partial charge in [-0.15, -0.1) is 11.3 Å². The van der Waals surface area contributed by atoms with Gasteiger partial charge in [-0.3, -0.25) is 4.79 Å². The number of fused-ring (bicyclic) bond motifs is 1. The van der Waals surface area contributed by atoms with Gasteiger partial charge < -0.3 is 10.6 Å². The quantitative estimate of drug-likeness (QED) is 0.874. The lowest BCUT2D eigenvalue weighted by Gasteiger charge is -2.09. The van der Waals surface area contributed by atoms with Gasteiger partial charge in [-0.1, -0.05) is 27.7 Å². The maximum absolute atomic E-state index is 12.4. The fourth-order valence-corrected chi connectivity index (χ4v) is 4.19. The van der Waals surface area contributed by atoms with Crippen molar-refractivity contribution in [2.24, 2.45) is 16.7 Å². The molecule has 1 amide bonds. The topological polar surface area (TPSA) is 54.0 Å². The fraction of sp³-hybridized carbons (Fsp3) is 0.714. The summed E-state index contributed by atoms with van der Waals surface area (Å²) in [6.45, 7) is 10.5. The molecule has 1 fully saturated rings. The molecule has 0 aromatic carbocycles. The smallest absolute Gasteiger partial charge is 0.230 e. The lowest BCUT2D eigenvalue weighted by molar-refractivity contribution is -0.118. The van der Waals surface area contributed by atoms with Crippen molar-refractivity contribution in [3.8, 4) is 0 Å². The summed E-state index contributed by atoms with van der Waals surface area (Å²) in [6, 6.07) is 0. The Balaban J connectivity index is 1.73. The number of nitrogens with zero attached hydrogens (tertiary/aromatic N) is 1. The highest BCUT2D eigenvalue weighted by molar-refractivity contribution is 7.15. The van der Waals surface area contributed by atoms with Crippen LogP contribution >= 0.6 is 11.3 Å². The molecule has 0 saturated heterocycles. The Morgan fingerprint density at radius 2 is 2.05 bits per heavy atom. The maximum Gasteiger partial charge on any atom is 0.230 e. The predicted molar refractivity (Wildman–Crippen MR) is 77.2 cm³/mol. The molecule has 2 aliphatic rings. The number of rotatable bonds is 2. The van der Waals surface area contributed by atoms with Crippen LogP contribution in [-0.2, 0) is 17.8 Å². The average molecular weight is 279 g/mol. The van der Waals surface area contributed by atoms with Gasteiger partial charge in [0.2, 0.25) is 5.91 Å². The molecule has 104 valence electrons. The molecule has 0 atom stereocenters. The molecule has 0 bridgehead atoms. The number of thiazole rings is 1. The largest absolute Gasteiger partial charge is 0.311 e. The lowest BCUT2D eigenvalue weighted by Crippen LogP contribution is -2.22. The van der Waals surface area contributed by atoms with Crippen LogP contribution in [0.1, 0.15) is 38.3 Å². The molecule has 0 spiro atoms. The van der Waals surface area contributed by atoms with E-state index in [1.807, 2.05) is 0 Å². The molecule has 1 aromatic rings. The Labute approximate surface area is 118 Å². The number of hydrogen-bond acceptors (Lipinski definition) is 4. The van der Waals surface area contributed by atoms with E-state index in [-0.39, 0.29) is 22.7 Å². The highest BCUT2D eigenvalue weighted by Crippen LogP contribution is 2.68. The van der Waals surface area contributed by atoms with Gasteiger partial charge in [0.1, 0.15) is 0 Å². The van der Waals surface area contributed by atoms with E-state index < -0.39 is 0 Å². The van der Waals surface area contributed by atoms with Crippen LogP contribution in [0.15, 0.2) is 0 Å². The normalized spacial score (nSPS) is 23.8. The first-order chi connectivity index (χ1) is 8.84. The first-order valence-corrected chi connectivity index (χ1v) is 7.66. The van der Waals surface area contributed by atoms with Crippen molar-refractivity contribution in [2.45, 2.75) is 40.7 Å². The van der Waals surface area contributed by atoms with Gasteiger partial charge in [0.15, 0.2) is 5.13 Å². The van der Waals surface area contributed by atoms with Gasteiger partial charge in [-0.05, 0) is 10.8 Å². The van der Waals surface area contributed by atoms with Gasteiger partial charge in [-0.2, -0.15) is 0 Å². The highest BCUT2D eigenvalue weighted by atomic mass is 32.1. The van der Waals surface area contributed by atoms with Crippen LogP contribution in [0.25, 0.3) is 0 Å². The maximum atomic E-state index is 12.4. The van der Waals surface area contributed by atoms with E-state index in [0.717, 1.165) is 30.3 Å². The first kappa shape index (κ1) is 13.1. The molecule has 0 radical (unpaired) electrons. The lowest BCUT2D eigenvalue weighted by atomic mass is 10.0. The molecule has 1 aliphatic heterocycles. The molecule has 19 heavy (non-hydrogen) atoms. The second kappa shape index (κ2) is 4.03. The van der Waals surface area contributed by atoms with E-state index in [2.05, 4.69) is 43.3 Å². The summed E-state index contributed by atoms with van der Waals surface area (Å²) in [6.07, 6.45) is 0.960. The average Bonchev–Trinajstić information content (AvgIpc) is 2.61. The SMILES string of the molecule is CC1(C)C(C(=O)Nc2nc3c(s2)CNCC3)C1(C)C. The number of amides is 1. The first-order valence-electron chi connectivity index (χ1n) is 6.84. The molecule has 1 saturated carbocycles. The van der Waals surface area contributed by atoms with E-state index in [1.54, 1.807) is 11.3 Å². The molecule has 2 N–H and O–H groups in total. The van der Waals surface area contributed by atoms with Crippen molar-refractivity contribution >= 4 is 22.4 Å². The van der Waals surface area contributed by atoms with E-state index >= 15 is 0 Å².